The summed E-state index contributed by atoms with van der Waals surface area (Å²) in [6, 6.07) is 5.98. The maximum atomic E-state index is 11.8. The Morgan fingerprint density at radius 3 is 2.58 bits per heavy atom. The number of carbonyl (C=O) groups is 3. The third kappa shape index (κ3) is 4.13. The molecule has 1 aromatic heterocycles. The Kier molecular flexibility index (Phi) is 4.92. The molecule has 1 atom stereocenters. The van der Waals surface area contributed by atoms with E-state index in [-0.39, 0.29) is 6.42 Å². The molecule has 7 heteroatoms. The molecule has 0 aliphatic heterocycles. The van der Waals surface area contributed by atoms with E-state index in [1.807, 2.05) is 6.07 Å². The Morgan fingerprint density at radius 2 is 2.00 bits per heavy atom. The van der Waals surface area contributed by atoms with Gasteiger partial charge in [-0.2, -0.15) is 0 Å². The van der Waals surface area contributed by atoms with Crippen molar-refractivity contribution in [1.29, 1.82) is 0 Å². The number of fused-ring (bicyclic) bond motifs is 1. The van der Waals surface area contributed by atoms with E-state index >= 15 is 0 Å². The van der Waals surface area contributed by atoms with Crippen molar-refractivity contribution in [3.05, 3.63) is 35.5 Å². The molecule has 2 rings (SSSR count). The predicted octanol–water partition coefficient (Wildman–Crippen LogP) is 2.50. The molecule has 7 nitrogen and oxygen atoms in total. The van der Waals surface area contributed by atoms with Crippen molar-refractivity contribution in [3.63, 3.8) is 0 Å². The maximum absolute atomic E-state index is 11.8. The number of alkyl carbamates (subject to hydrolysis) is 1. The van der Waals surface area contributed by atoms with Gasteiger partial charge in [0, 0.05) is 17.3 Å². The van der Waals surface area contributed by atoms with Crippen molar-refractivity contribution < 1.29 is 24.2 Å². The highest BCUT2D eigenvalue weighted by atomic mass is 16.6. The topological polar surface area (TPSA) is 108 Å². The van der Waals surface area contributed by atoms with Gasteiger partial charge in [0.25, 0.3) is 0 Å². The summed E-state index contributed by atoms with van der Waals surface area (Å²) in [7, 11) is 0. The van der Waals surface area contributed by atoms with Crippen molar-refractivity contribution in [3.8, 4) is 0 Å². The van der Waals surface area contributed by atoms with Crippen molar-refractivity contribution in [2.45, 2.75) is 38.8 Å². The summed E-state index contributed by atoms with van der Waals surface area (Å²) in [6.07, 6.45) is -0.212. The van der Waals surface area contributed by atoms with Crippen LogP contribution in [-0.2, 0) is 16.0 Å². The number of rotatable bonds is 5. The first kappa shape index (κ1) is 17.5. The van der Waals surface area contributed by atoms with E-state index in [9.17, 15) is 19.5 Å². The molecule has 0 saturated carbocycles. The number of aliphatic carboxylic acids is 1. The zero-order valence-corrected chi connectivity index (χ0v) is 13.8. The van der Waals surface area contributed by atoms with Crippen LogP contribution in [0, 0.1) is 0 Å². The first-order valence-corrected chi connectivity index (χ1v) is 7.48. The quantitative estimate of drug-likeness (QED) is 0.729. The van der Waals surface area contributed by atoms with E-state index < -0.39 is 23.7 Å². The number of amides is 1. The van der Waals surface area contributed by atoms with Crippen LogP contribution in [0.5, 0.6) is 0 Å². The molecule has 0 radical (unpaired) electrons. The Hall–Kier alpha value is -2.83. The predicted molar refractivity (Wildman–Crippen MR) is 88.2 cm³/mol. The third-order valence-corrected chi connectivity index (χ3v) is 3.36. The van der Waals surface area contributed by atoms with Crippen LogP contribution in [0.3, 0.4) is 0 Å². The lowest BCUT2D eigenvalue weighted by molar-refractivity contribution is -0.139. The molecule has 1 heterocycles. The first-order valence-electron chi connectivity index (χ1n) is 7.48. The summed E-state index contributed by atoms with van der Waals surface area (Å²) in [6.45, 7) is 5.06. The van der Waals surface area contributed by atoms with Gasteiger partial charge in [0.15, 0.2) is 6.29 Å². The fourth-order valence-corrected chi connectivity index (χ4v) is 2.40. The van der Waals surface area contributed by atoms with Crippen LogP contribution in [0.25, 0.3) is 10.9 Å². The lowest BCUT2D eigenvalue weighted by Crippen LogP contribution is -2.44. The summed E-state index contributed by atoms with van der Waals surface area (Å²) in [5.74, 6) is -1.21. The number of hydrogen-bond acceptors (Lipinski definition) is 4. The molecule has 0 spiro atoms. The number of para-hydroxylation sites is 1. The van der Waals surface area contributed by atoms with Crippen LogP contribution in [0.4, 0.5) is 4.79 Å². The normalized spacial score (nSPS) is 12.6. The number of aldehydes is 1. The van der Waals surface area contributed by atoms with Crippen molar-refractivity contribution >= 4 is 29.3 Å². The molecule has 1 aromatic carbocycles. The summed E-state index contributed by atoms with van der Waals surface area (Å²) in [5.41, 5.74) is 0.843. The zero-order valence-electron chi connectivity index (χ0n) is 13.8. The van der Waals surface area contributed by atoms with Gasteiger partial charge in [0.1, 0.15) is 11.6 Å². The van der Waals surface area contributed by atoms with Crippen LogP contribution >= 0.6 is 0 Å². The van der Waals surface area contributed by atoms with Gasteiger partial charge in [-0.15, -0.1) is 0 Å². The molecule has 0 unspecified atom stereocenters. The van der Waals surface area contributed by atoms with Gasteiger partial charge in [-0.1, -0.05) is 18.2 Å². The molecule has 0 fully saturated rings. The number of hydrogen-bond donors (Lipinski definition) is 3. The van der Waals surface area contributed by atoms with Crippen LogP contribution in [0.1, 0.15) is 36.8 Å². The lowest BCUT2D eigenvalue weighted by atomic mass is 10.0. The Labute approximate surface area is 139 Å². The second kappa shape index (κ2) is 6.74. The first-order chi connectivity index (χ1) is 11.2. The highest BCUT2D eigenvalue weighted by molar-refractivity contribution is 5.93. The molecule has 2 aromatic rings. The summed E-state index contributed by atoms with van der Waals surface area (Å²) >= 11 is 0. The van der Waals surface area contributed by atoms with Crippen molar-refractivity contribution in [2.75, 3.05) is 0 Å². The van der Waals surface area contributed by atoms with E-state index in [1.165, 1.54) is 0 Å². The highest BCUT2D eigenvalue weighted by Gasteiger charge is 2.26. The van der Waals surface area contributed by atoms with E-state index in [4.69, 9.17) is 4.74 Å². The van der Waals surface area contributed by atoms with Gasteiger partial charge >= 0.3 is 12.1 Å². The average Bonchev–Trinajstić information content (AvgIpc) is 2.82. The summed E-state index contributed by atoms with van der Waals surface area (Å²) < 4.78 is 5.09. The van der Waals surface area contributed by atoms with Gasteiger partial charge in [-0.25, -0.2) is 9.59 Å². The minimum atomic E-state index is -1.21. The number of carboxylic acid groups (broad SMARTS) is 1. The number of benzene rings is 1. The monoisotopic (exact) mass is 332 g/mol. The molecule has 128 valence electrons. The molecular formula is C17H20N2O5. The Morgan fingerprint density at radius 1 is 1.33 bits per heavy atom. The van der Waals surface area contributed by atoms with Gasteiger partial charge in [-0.05, 0) is 32.4 Å². The second-order valence-electron chi connectivity index (χ2n) is 6.42. The maximum Gasteiger partial charge on any atom is 0.408 e. The zero-order chi connectivity index (χ0) is 17.9. The summed E-state index contributed by atoms with van der Waals surface area (Å²) in [5, 5.41) is 12.5. The summed E-state index contributed by atoms with van der Waals surface area (Å²) in [4.78, 5) is 37.6. The molecule has 0 saturated heterocycles. The van der Waals surface area contributed by atoms with Crippen molar-refractivity contribution in [2.24, 2.45) is 0 Å². The standard InChI is InChI=1S/C17H20N2O5/c1-17(2,3)24-16(23)19-13(15(21)22)8-11-10-6-4-5-7-12(10)18-14(11)9-20/h4-7,9,13,18H,8H2,1-3H3,(H,19,23)(H,21,22)/t13-/m0/s1. The van der Waals surface area contributed by atoms with Gasteiger partial charge in [-0.3, -0.25) is 4.79 Å². The van der Waals surface area contributed by atoms with Gasteiger partial charge < -0.3 is 20.1 Å². The van der Waals surface area contributed by atoms with Gasteiger partial charge in [0.05, 0.1) is 5.69 Å². The minimum absolute atomic E-state index is 0.0351. The lowest BCUT2D eigenvalue weighted by Gasteiger charge is -2.22. The number of aromatic amines is 1. The molecule has 3 N–H and O–H groups in total. The number of nitrogens with one attached hydrogen (secondary N) is 2. The Balaban J connectivity index is 2.27. The van der Waals surface area contributed by atoms with E-state index in [0.29, 0.717) is 17.5 Å². The van der Waals surface area contributed by atoms with E-state index in [0.717, 1.165) is 10.9 Å². The SMILES string of the molecule is CC(C)(C)OC(=O)N[C@@H](Cc1c(C=O)[nH]c2ccccc12)C(=O)O. The highest BCUT2D eigenvalue weighted by Crippen LogP contribution is 2.23. The number of carboxylic acids is 1. The van der Waals surface area contributed by atoms with E-state index in [1.54, 1.807) is 39.0 Å². The number of carbonyl (C=O) groups excluding carboxylic acids is 2. The third-order valence-electron chi connectivity index (χ3n) is 3.36. The fourth-order valence-electron chi connectivity index (χ4n) is 2.40. The number of aromatic nitrogens is 1. The fraction of sp³-hybridized carbons (Fsp3) is 0.353. The average molecular weight is 332 g/mol. The van der Waals surface area contributed by atoms with Crippen LogP contribution in [-0.4, -0.2) is 40.1 Å². The molecule has 0 aliphatic carbocycles. The van der Waals surface area contributed by atoms with Crippen molar-refractivity contribution in [1.82, 2.24) is 10.3 Å². The van der Waals surface area contributed by atoms with Crippen LogP contribution < -0.4 is 5.32 Å². The largest absolute Gasteiger partial charge is 0.480 e. The molecule has 1 amide bonds. The Bertz CT molecular complexity index is 773. The number of ether oxygens (including phenoxy) is 1. The van der Waals surface area contributed by atoms with Crippen LogP contribution in [0.2, 0.25) is 0 Å². The van der Waals surface area contributed by atoms with Crippen LogP contribution in [0.15, 0.2) is 24.3 Å². The number of H-pyrrole nitrogens is 1. The molecule has 0 bridgehead atoms. The van der Waals surface area contributed by atoms with Gasteiger partial charge in [0.2, 0.25) is 0 Å². The molecule has 0 aliphatic rings. The smallest absolute Gasteiger partial charge is 0.408 e. The minimum Gasteiger partial charge on any atom is -0.480 e. The second-order valence-corrected chi connectivity index (χ2v) is 6.42. The molecular weight excluding hydrogens is 312 g/mol. The molecule has 24 heavy (non-hydrogen) atoms. The van der Waals surface area contributed by atoms with E-state index in [2.05, 4.69) is 10.3 Å².